The van der Waals surface area contributed by atoms with Gasteiger partial charge in [-0.1, -0.05) is 0 Å². The van der Waals surface area contributed by atoms with Crippen LogP contribution in [0.4, 0.5) is 0 Å². The zero-order valence-electron chi connectivity index (χ0n) is 10.0. The van der Waals surface area contributed by atoms with Gasteiger partial charge in [-0.2, -0.15) is 0 Å². The summed E-state index contributed by atoms with van der Waals surface area (Å²) in [5.41, 5.74) is 1.46. The van der Waals surface area contributed by atoms with Gasteiger partial charge in [-0.05, 0) is 19.1 Å². The van der Waals surface area contributed by atoms with Gasteiger partial charge in [0.05, 0.1) is 13.7 Å². The third-order valence-corrected chi connectivity index (χ3v) is 2.45. The van der Waals surface area contributed by atoms with Gasteiger partial charge in [0.2, 0.25) is 0 Å². The van der Waals surface area contributed by atoms with Crippen molar-refractivity contribution in [1.29, 1.82) is 0 Å². The lowest BCUT2D eigenvalue weighted by atomic mass is 10.4. The topological polar surface area (TPSA) is 49.7 Å². The predicted octanol–water partition coefficient (Wildman–Crippen LogP) is 1.20. The van der Waals surface area contributed by atoms with E-state index in [9.17, 15) is 4.79 Å². The van der Waals surface area contributed by atoms with E-state index in [4.69, 9.17) is 14.2 Å². The smallest absolute Gasteiger partial charge is 0.354 e. The van der Waals surface area contributed by atoms with Crippen LogP contribution < -0.4 is 0 Å². The van der Waals surface area contributed by atoms with Crippen molar-refractivity contribution in [3.8, 4) is 0 Å². The van der Waals surface area contributed by atoms with Crippen LogP contribution >= 0.6 is 0 Å². The van der Waals surface area contributed by atoms with Crippen molar-refractivity contribution in [2.45, 2.75) is 19.8 Å². The first-order chi connectivity index (χ1) is 7.63. The fraction of sp³-hybridized carbons (Fsp3) is 0.545. The molecule has 0 bridgehead atoms. The van der Waals surface area contributed by atoms with Crippen LogP contribution in [-0.2, 0) is 20.8 Å². The molecule has 0 aliphatic heterocycles. The van der Waals surface area contributed by atoms with E-state index < -0.39 is 0 Å². The van der Waals surface area contributed by atoms with Crippen LogP contribution in [0.3, 0.4) is 0 Å². The normalized spacial score (nSPS) is 10.8. The Bertz CT molecular complexity index is 355. The summed E-state index contributed by atoms with van der Waals surface area (Å²) in [5, 5.41) is 0. The monoisotopic (exact) mass is 227 g/mol. The third-order valence-electron chi connectivity index (χ3n) is 2.45. The van der Waals surface area contributed by atoms with Gasteiger partial charge in [-0.3, -0.25) is 0 Å². The van der Waals surface area contributed by atoms with E-state index in [1.165, 1.54) is 7.11 Å². The largest absolute Gasteiger partial charge is 0.464 e. The number of hydrogen-bond donors (Lipinski definition) is 0. The zero-order valence-corrected chi connectivity index (χ0v) is 10.0. The van der Waals surface area contributed by atoms with E-state index in [0.717, 1.165) is 5.69 Å². The summed E-state index contributed by atoms with van der Waals surface area (Å²) in [7, 11) is 4.48. The van der Waals surface area contributed by atoms with Crippen LogP contribution in [0.25, 0.3) is 0 Å². The number of aromatic nitrogens is 1. The molecule has 1 rings (SSSR count). The summed E-state index contributed by atoms with van der Waals surface area (Å²) < 4.78 is 16.7. The molecule has 0 aliphatic rings. The van der Waals surface area contributed by atoms with E-state index in [1.54, 1.807) is 20.3 Å². The molecule has 0 aromatic carbocycles. The summed E-state index contributed by atoms with van der Waals surface area (Å²) in [6, 6.07) is 3.58. The highest BCUT2D eigenvalue weighted by Crippen LogP contribution is 2.11. The molecule has 0 amide bonds. The van der Waals surface area contributed by atoms with Crippen molar-refractivity contribution in [3.63, 3.8) is 0 Å². The van der Waals surface area contributed by atoms with E-state index in [2.05, 4.69) is 0 Å². The molecule has 0 saturated carbocycles. The standard InChI is InChI=1S/C11H17NO4/c1-8-5-6-9(11(13)16-4)12(8)7-10(14-2)15-3/h5-6,10H,7H2,1-4H3. The lowest BCUT2D eigenvalue weighted by Gasteiger charge is -2.17. The number of carbonyl (C=O) groups excluding carboxylic acids is 1. The summed E-state index contributed by atoms with van der Waals surface area (Å²) in [6.45, 7) is 2.37. The summed E-state index contributed by atoms with van der Waals surface area (Å²) in [6.07, 6.45) is -0.380. The SMILES string of the molecule is COC(=O)c1ccc(C)n1CC(OC)OC. The minimum absolute atomic E-state index is 0.362. The second-order valence-corrected chi connectivity index (χ2v) is 3.36. The van der Waals surface area contributed by atoms with Gasteiger partial charge in [0.25, 0.3) is 0 Å². The highest BCUT2D eigenvalue weighted by molar-refractivity contribution is 5.87. The Morgan fingerprint density at radius 1 is 1.31 bits per heavy atom. The molecule has 0 radical (unpaired) electrons. The summed E-state index contributed by atoms with van der Waals surface area (Å²) in [4.78, 5) is 11.5. The van der Waals surface area contributed by atoms with Gasteiger partial charge >= 0.3 is 5.97 Å². The van der Waals surface area contributed by atoms with Crippen molar-refractivity contribution in [1.82, 2.24) is 4.57 Å². The molecule has 5 heteroatoms. The van der Waals surface area contributed by atoms with Crippen molar-refractivity contribution in [2.75, 3.05) is 21.3 Å². The molecule has 0 saturated heterocycles. The number of methoxy groups -OCH3 is 3. The van der Waals surface area contributed by atoms with E-state index >= 15 is 0 Å². The van der Waals surface area contributed by atoms with Crippen LogP contribution in [0, 0.1) is 6.92 Å². The fourth-order valence-corrected chi connectivity index (χ4v) is 1.49. The molecule has 0 N–H and O–H groups in total. The molecule has 0 atom stereocenters. The molecule has 1 aromatic heterocycles. The Labute approximate surface area is 94.9 Å². The Balaban J connectivity index is 2.93. The Kier molecular flexibility index (Phi) is 4.52. The van der Waals surface area contributed by atoms with Crippen molar-refractivity contribution < 1.29 is 19.0 Å². The third kappa shape index (κ3) is 2.62. The number of nitrogens with zero attached hydrogens (tertiary/aromatic N) is 1. The van der Waals surface area contributed by atoms with Gasteiger partial charge in [-0.25, -0.2) is 4.79 Å². The molecular formula is C11H17NO4. The van der Waals surface area contributed by atoms with Gasteiger partial charge in [0.1, 0.15) is 5.69 Å². The molecule has 1 heterocycles. The first kappa shape index (κ1) is 12.7. The minimum Gasteiger partial charge on any atom is -0.464 e. The first-order valence-corrected chi connectivity index (χ1v) is 4.94. The van der Waals surface area contributed by atoms with Crippen LogP contribution in [0.1, 0.15) is 16.2 Å². The number of aryl methyl sites for hydroxylation is 1. The van der Waals surface area contributed by atoms with Crippen molar-refractivity contribution >= 4 is 5.97 Å². The zero-order chi connectivity index (χ0) is 12.1. The molecule has 0 fully saturated rings. The number of carbonyl (C=O) groups is 1. The maximum atomic E-state index is 11.5. The molecule has 5 nitrogen and oxygen atoms in total. The Hall–Kier alpha value is -1.33. The molecule has 0 aliphatic carbocycles. The van der Waals surface area contributed by atoms with Crippen molar-refractivity contribution in [3.05, 3.63) is 23.5 Å². The maximum absolute atomic E-state index is 11.5. The highest BCUT2D eigenvalue weighted by Gasteiger charge is 2.16. The van der Waals surface area contributed by atoms with Gasteiger partial charge in [-0.15, -0.1) is 0 Å². The van der Waals surface area contributed by atoms with E-state index in [-0.39, 0.29) is 12.3 Å². The number of hydrogen-bond acceptors (Lipinski definition) is 4. The fourth-order valence-electron chi connectivity index (χ4n) is 1.49. The van der Waals surface area contributed by atoms with E-state index in [1.807, 2.05) is 17.6 Å². The van der Waals surface area contributed by atoms with Gasteiger partial charge in [0.15, 0.2) is 6.29 Å². The second-order valence-electron chi connectivity index (χ2n) is 3.36. The first-order valence-electron chi connectivity index (χ1n) is 4.94. The van der Waals surface area contributed by atoms with Crippen LogP contribution in [-0.4, -0.2) is 38.2 Å². The molecule has 0 unspecified atom stereocenters. The van der Waals surface area contributed by atoms with Gasteiger partial charge < -0.3 is 18.8 Å². The number of ether oxygens (including phenoxy) is 3. The Morgan fingerprint density at radius 2 is 1.94 bits per heavy atom. The average Bonchev–Trinajstić information content (AvgIpc) is 2.66. The molecule has 16 heavy (non-hydrogen) atoms. The lowest BCUT2D eigenvalue weighted by molar-refractivity contribution is -0.111. The number of esters is 1. The maximum Gasteiger partial charge on any atom is 0.354 e. The van der Waals surface area contributed by atoms with E-state index in [0.29, 0.717) is 12.2 Å². The van der Waals surface area contributed by atoms with Crippen molar-refractivity contribution in [2.24, 2.45) is 0 Å². The summed E-state index contributed by atoms with van der Waals surface area (Å²) >= 11 is 0. The molecule has 90 valence electrons. The second kappa shape index (κ2) is 5.67. The van der Waals surface area contributed by atoms with Crippen LogP contribution in [0.15, 0.2) is 12.1 Å². The highest BCUT2D eigenvalue weighted by atomic mass is 16.7. The minimum atomic E-state index is -0.380. The summed E-state index contributed by atoms with van der Waals surface area (Å²) in [5.74, 6) is -0.362. The van der Waals surface area contributed by atoms with Gasteiger partial charge in [0, 0.05) is 19.9 Å². The Morgan fingerprint density at radius 3 is 2.44 bits per heavy atom. The van der Waals surface area contributed by atoms with Crippen LogP contribution in [0.2, 0.25) is 0 Å². The molecule has 0 spiro atoms. The quantitative estimate of drug-likeness (QED) is 0.560. The number of rotatable bonds is 5. The predicted molar refractivity (Wildman–Crippen MR) is 58.3 cm³/mol. The van der Waals surface area contributed by atoms with Crippen LogP contribution in [0.5, 0.6) is 0 Å². The lowest BCUT2D eigenvalue weighted by Crippen LogP contribution is -2.24. The molecular weight excluding hydrogens is 210 g/mol. The molecule has 1 aromatic rings. The average molecular weight is 227 g/mol.